The summed E-state index contributed by atoms with van der Waals surface area (Å²) < 4.78 is 11.7. The van der Waals surface area contributed by atoms with Gasteiger partial charge in [-0.25, -0.2) is 4.79 Å². The third-order valence-corrected chi connectivity index (χ3v) is 5.06. The highest BCUT2D eigenvalue weighted by Crippen LogP contribution is 2.35. The monoisotopic (exact) mass is 347 g/mol. The second-order valence-electron chi connectivity index (χ2n) is 6.95. The van der Waals surface area contributed by atoms with Gasteiger partial charge in [0.1, 0.15) is 5.60 Å². The lowest BCUT2D eigenvalue weighted by atomic mass is 9.90. The van der Waals surface area contributed by atoms with E-state index in [2.05, 4.69) is 15.9 Å². The molecule has 1 aliphatic carbocycles. The van der Waals surface area contributed by atoms with Crippen LogP contribution in [-0.2, 0) is 9.47 Å². The summed E-state index contributed by atoms with van der Waals surface area (Å²) in [6, 6.07) is 0. The quantitative estimate of drug-likeness (QED) is 0.730. The van der Waals surface area contributed by atoms with Crippen LogP contribution >= 0.6 is 15.9 Å². The number of alkyl halides is 1. The van der Waals surface area contributed by atoms with Crippen LogP contribution in [0.1, 0.15) is 52.9 Å². The largest absolute Gasteiger partial charge is 0.444 e. The lowest BCUT2D eigenvalue weighted by Crippen LogP contribution is -2.52. The molecule has 5 heteroatoms. The molecule has 116 valence electrons. The Kier molecular flexibility index (Phi) is 5.00. The number of rotatable bonds is 3. The maximum absolute atomic E-state index is 12.1. The van der Waals surface area contributed by atoms with Crippen LogP contribution in [0.4, 0.5) is 4.79 Å². The van der Waals surface area contributed by atoms with E-state index in [1.54, 1.807) is 4.90 Å². The summed E-state index contributed by atoms with van der Waals surface area (Å²) in [5, 5.41) is 0.846. The average molecular weight is 348 g/mol. The molecule has 0 spiro atoms. The second kappa shape index (κ2) is 6.22. The fourth-order valence-electron chi connectivity index (χ4n) is 2.55. The number of hydrogen-bond donors (Lipinski definition) is 0. The van der Waals surface area contributed by atoms with Crippen molar-refractivity contribution in [2.24, 2.45) is 0 Å². The van der Waals surface area contributed by atoms with Gasteiger partial charge in [0, 0.05) is 18.4 Å². The highest BCUT2D eigenvalue weighted by molar-refractivity contribution is 9.09. The van der Waals surface area contributed by atoms with Crippen molar-refractivity contribution < 1.29 is 14.3 Å². The fourth-order valence-corrected chi connectivity index (χ4v) is 3.24. The lowest BCUT2D eigenvalue weighted by Gasteiger charge is -2.44. The topological polar surface area (TPSA) is 38.8 Å². The van der Waals surface area contributed by atoms with Gasteiger partial charge in [0.2, 0.25) is 0 Å². The van der Waals surface area contributed by atoms with Crippen LogP contribution in [0.2, 0.25) is 0 Å². The summed E-state index contributed by atoms with van der Waals surface area (Å²) in [5.41, 5.74) is -0.521. The standard InChI is InChI=1S/C15H26BrNO3/c1-14(2,3)20-13(18)17-9-7-15(11-16,8-10-17)19-12-5-4-6-12/h12H,4-11H2,1-3H3. The van der Waals surface area contributed by atoms with Crippen molar-refractivity contribution in [3.63, 3.8) is 0 Å². The highest BCUT2D eigenvalue weighted by Gasteiger charge is 2.39. The normalized spacial score (nSPS) is 23.3. The molecule has 1 saturated heterocycles. The maximum Gasteiger partial charge on any atom is 0.410 e. The van der Waals surface area contributed by atoms with Crippen molar-refractivity contribution in [3.8, 4) is 0 Å². The van der Waals surface area contributed by atoms with Crippen molar-refractivity contribution >= 4 is 22.0 Å². The van der Waals surface area contributed by atoms with E-state index in [-0.39, 0.29) is 11.7 Å². The summed E-state index contributed by atoms with van der Waals surface area (Å²) >= 11 is 3.60. The van der Waals surface area contributed by atoms with E-state index in [4.69, 9.17) is 9.47 Å². The average Bonchev–Trinajstić information content (AvgIpc) is 2.32. The molecule has 0 atom stereocenters. The van der Waals surface area contributed by atoms with Gasteiger partial charge >= 0.3 is 6.09 Å². The van der Waals surface area contributed by atoms with Crippen LogP contribution in [0.25, 0.3) is 0 Å². The molecule has 2 aliphatic rings. The van der Waals surface area contributed by atoms with E-state index in [0.29, 0.717) is 19.2 Å². The first kappa shape index (κ1) is 16.1. The predicted octanol–water partition coefficient (Wildman–Crippen LogP) is 3.72. The van der Waals surface area contributed by atoms with E-state index in [1.165, 1.54) is 19.3 Å². The van der Waals surface area contributed by atoms with Gasteiger partial charge in [0.25, 0.3) is 0 Å². The summed E-state index contributed by atoms with van der Waals surface area (Å²) in [4.78, 5) is 13.9. The molecule has 4 nitrogen and oxygen atoms in total. The van der Waals surface area contributed by atoms with Crippen LogP contribution in [0.5, 0.6) is 0 Å². The lowest BCUT2D eigenvalue weighted by molar-refractivity contribution is -0.131. The Hall–Kier alpha value is -0.290. The second-order valence-corrected chi connectivity index (χ2v) is 7.52. The van der Waals surface area contributed by atoms with Gasteiger partial charge in [-0.2, -0.15) is 0 Å². The molecule has 1 heterocycles. The molecule has 0 bridgehead atoms. The minimum absolute atomic E-state index is 0.0937. The number of hydrogen-bond acceptors (Lipinski definition) is 3. The molecule has 20 heavy (non-hydrogen) atoms. The van der Waals surface area contributed by atoms with E-state index in [1.807, 2.05) is 20.8 Å². The first-order valence-electron chi connectivity index (χ1n) is 7.55. The first-order chi connectivity index (χ1) is 9.34. The molecule has 0 radical (unpaired) electrons. The Labute approximate surface area is 130 Å². The number of nitrogens with zero attached hydrogens (tertiary/aromatic N) is 1. The summed E-state index contributed by atoms with van der Waals surface area (Å²) in [7, 11) is 0. The molecule has 1 amide bonds. The van der Waals surface area contributed by atoms with Gasteiger partial charge < -0.3 is 14.4 Å². The van der Waals surface area contributed by atoms with Gasteiger partial charge in [-0.05, 0) is 52.9 Å². The van der Waals surface area contributed by atoms with Gasteiger partial charge in [-0.15, -0.1) is 0 Å². The number of amides is 1. The molecular formula is C15H26BrNO3. The van der Waals surface area contributed by atoms with E-state index in [0.717, 1.165) is 18.2 Å². The molecule has 0 N–H and O–H groups in total. The minimum atomic E-state index is -0.427. The highest BCUT2D eigenvalue weighted by atomic mass is 79.9. The number of ether oxygens (including phenoxy) is 2. The van der Waals surface area contributed by atoms with Gasteiger partial charge in [-0.1, -0.05) is 15.9 Å². The molecule has 2 fully saturated rings. The van der Waals surface area contributed by atoms with Gasteiger partial charge in [-0.3, -0.25) is 0 Å². The smallest absolute Gasteiger partial charge is 0.410 e. The van der Waals surface area contributed by atoms with Crippen molar-refractivity contribution in [2.45, 2.75) is 70.2 Å². The van der Waals surface area contributed by atoms with E-state index < -0.39 is 5.60 Å². The summed E-state index contributed by atoms with van der Waals surface area (Å²) in [6.07, 6.45) is 5.65. The van der Waals surface area contributed by atoms with Crippen molar-refractivity contribution in [3.05, 3.63) is 0 Å². The first-order valence-corrected chi connectivity index (χ1v) is 8.67. The molecule has 0 unspecified atom stereocenters. The summed E-state index contributed by atoms with van der Waals surface area (Å²) in [5.74, 6) is 0. The van der Waals surface area contributed by atoms with Crippen LogP contribution in [0.3, 0.4) is 0 Å². The molecule has 0 aromatic rings. The zero-order valence-corrected chi connectivity index (χ0v) is 14.4. The Morgan fingerprint density at radius 1 is 1.30 bits per heavy atom. The van der Waals surface area contributed by atoms with Crippen LogP contribution in [0, 0.1) is 0 Å². The van der Waals surface area contributed by atoms with Gasteiger partial charge in [0.05, 0.1) is 11.7 Å². The van der Waals surface area contributed by atoms with Crippen LogP contribution in [0.15, 0.2) is 0 Å². The van der Waals surface area contributed by atoms with Crippen molar-refractivity contribution in [1.82, 2.24) is 4.90 Å². The predicted molar refractivity (Wildman–Crippen MR) is 82.3 cm³/mol. The Morgan fingerprint density at radius 2 is 1.90 bits per heavy atom. The van der Waals surface area contributed by atoms with Crippen molar-refractivity contribution in [1.29, 1.82) is 0 Å². The number of carbonyl (C=O) groups excluding carboxylic acids is 1. The summed E-state index contributed by atoms with van der Waals surface area (Å²) in [6.45, 7) is 7.13. The van der Waals surface area contributed by atoms with Crippen LogP contribution in [-0.4, -0.2) is 46.7 Å². The van der Waals surface area contributed by atoms with E-state index >= 15 is 0 Å². The number of likely N-dealkylation sites (tertiary alicyclic amines) is 1. The maximum atomic E-state index is 12.1. The SMILES string of the molecule is CC(C)(C)OC(=O)N1CCC(CBr)(OC2CCC2)CC1. The zero-order chi connectivity index (χ0) is 14.8. The van der Waals surface area contributed by atoms with E-state index in [9.17, 15) is 4.79 Å². The molecule has 2 rings (SSSR count). The van der Waals surface area contributed by atoms with Gasteiger partial charge in [0.15, 0.2) is 0 Å². The molecular weight excluding hydrogens is 322 g/mol. The number of carbonyl (C=O) groups is 1. The number of piperidine rings is 1. The number of halogens is 1. The fraction of sp³-hybridized carbons (Fsp3) is 0.933. The minimum Gasteiger partial charge on any atom is -0.444 e. The van der Waals surface area contributed by atoms with Crippen molar-refractivity contribution in [2.75, 3.05) is 18.4 Å². The third kappa shape index (κ3) is 4.10. The molecule has 1 aliphatic heterocycles. The molecule has 0 aromatic heterocycles. The third-order valence-electron chi connectivity index (χ3n) is 4.04. The molecule has 1 saturated carbocycles. The zero-order valence-electron chi connectivity index (χ0n) is 12.8. The Bertz CT molecular complexity index is 342. The van der Waals surface area contributed by atoms with Crippen LogP contribution < -0.4 is 0 Å². The molecule has 0 aromatic carbocycles. The Balaban J connectivity index is 1.85. The Morgan fingerprint density at radius 3 is 2.30 bits per heavy atom.